The van der Waals surface area contributed by atoms with Gasteiger partial charge in [0.1, 0.15) is 6.33 Å². The number of likely N-dealkylation sites (tertiary alicyclic amines) is 1. The summed E-state index contributed by atoms with van der Waals surface area (Å²) in [7, 11) is 0. The van der Waals surface area contributed by atoms with E-state index >= 15 is 0 Å². The Labute approximate surface area is 182 Å². The van der Waals surface area contributed by atoms with E-state index in [0.29, 0.717) is 23.6 Å². The second-order valence-corrected chi connectivity index (χ2v) is 8.01. The lowest BCUT2D eigenvalue weighted by Crippen LogP contribution is -2.31. The van der Waals surface area contributed by atoms with E-state index in [2.05, 4.69) is 48.6 Å². The van der Waals surface area contributed by atoms with Crippen molar-refractivity contribution < 1.29 is 4.52 Å². The molecule has 0 aliphatic carbocycles. The molecule has 2 aliphatic heterocycles. The summed E-state index contributed by atoms with van der Waals surface area (Å²) in [6, 6.07) is 8.74. The zero-order valence-electron chi connectivity index (χ0n) is 17.0. The third-order valence-corrected chi connectivity index (χ3v) is 5.81. The fraction of sp³-hybridized carbons (Fsp3) is 0.524. The summed E-state index contributed by atoms with van der Waals surface area (Å²) in [5.41, 5.74) is 2.24. The first-order valence-electron chi connectivity index (χ1n) is 10.6. The van der Waals surface area contributed by atoms with Crippen molar-refractivity contribution in [3.63, 3.8) is 0 Å². The minimum Gasteiger partial charge on any atom is -0.330 e. The van der Waals surface area contributed by atoms with Crippen molar-refractivity contribution in [3.05, 3.63) is 36.2 Å². The lowest BCUT2D eigenvalue weighted by atomic mass is 10.1. The summed E-state index contributed by atoms with van der Waals surface area (Å²) in [5.74, 6) is 1.43. The van der Waals surface area contributed by atoms with Gasteiger partial charge < -0.3 is 9.84 Å². The number of halogens is 1. The van der Waals surface area contributed by atoms with Crippen LogP contribution in [0.3, 0.4) is 0 Å². The monoisotopic (exact) mass is 429 g/mol. The minimum atomic E-state index is 0. The molecule has 2 aromatic heterocycles. The van der Waals surface area contributed by atoms with Crippen LogP contribution in [0.4, 0.5) is 0 Å². The van der Waals surface area contributed by atoms with Crippen molar-refractivity contribution in [3.8, 4) is 23.1 Å². The van der Waals surface area contributed by atoms with Gasteiger partial charge in [-0.1, -0.05) is 29.8 Å². The normalized spacial score (nSPS) is 20.1. The highest BCUT2D eigenvalue weighted by Gasteiger charge is 2.20. The van der Waals surface area contributed by atoms with Crippen molar-refractivity contribution in [1.82, 2.24) is 35.1 Å². The largest absolute Gasteiger partial charge is 0.330 e. The summed E-state index contributed by atoms with van der Waals surface area (Å²) < 4.78 is 7.38. The topological polar surface area (TPSA) is 84.9 Å². The Morgan fingerprint density at radius 2 is 2.00 bits per heavy atom. The number of hydrogen-bond acceptors (Lipinski definition) is 7. The molecule has 3 aromatic rings. The first-order valence-corrected chi connectivity index (χ1v) is 10.6. The van der Waals surface area contributed by atoms with Crippen LogP contribution in [0.15, 0.2) is 35.1 Å². The molecule has 5 rings (SSSR count). The van der Waals surface area contributed by atoms with Crippen LogP contribution in [0.5, 0.6) is 0 Å². The van der Waals surface area contributed by atoms with Gasteiger partial charge in [-0.2, -0.15) is 4.98 Å². The van der Waals surface area contributed by atoms with Gasteiger partial charge in [0.05, 0.1) is 6.04 Å². The van der Waals surface area contributed by atoms with Crippen LogP contribution in [0.1, 0.15) is 43.7 Å². The lowest BCUT2D eigenvalue weighted by Gasteiger charge is -2.26. The lowest BCUT2D eigenvalue weighted by molar-refractivity contribution is 0.221. The molecule has 0 radical (unpaired) electrons. The van der Waals surface area contributed by atoms with Crippen molar-refractivity contribution in [2.45, 2.75) is 44.7 Å². The van der Waals surface area contributed by atoms with E-state index in [0.717, 1.165) is 38.0 Å². The van der Waals surface area contributed by atoms with E-state index in [1.165, 1.54) is 37.9 Å². The number of piperidine rings is 2. The molecule has 0 amide bonds. The number of benzene rings is 1. The Kier molecular flexibility index (Phi) is 6.76. The smallest absolute Gasteiger partial charge is 0.297 e. The molecule has 8 nitrogen and oxygen atoms in total. The average molecular weight is 430 g/mol. The molecule has 2 fully saturated rings. The van der Waals surface area contributed by atoms with Gasteiger partial charge in [0.25, 0.3) is 5.89 Å². The molecule has 1 N–H and O–H groups in total. The SMILES string of the molecule is Cl.c1cc(CN2CCCCC2)cc(-c2noc(-c3ncn(C4CCCNC4)n3)n2)c1. The van der Waals surface area contributed by atoms with Crippen LogP contribution in [0, 0.1) is 0 Å². The molecule has 9 heteroatoms. The van der Waals surface area contributed by atoms with Crippen molar-refractivity contribution >= 4 is 12.4 Å². The first-order chi connectivity index (χ1) is 14.3. The van der Waals surface area contributed by atoms with Crippen LogP contribution < -0.4 is 5.32 Å². The van der Waals surface area contributed by atoms with Gasteiger partial charge in [-0.3, -0.25) is 4.90 Å². The maximum Gasteiger partial charge on any atom is 0.297 e. The molecule has 0 saturated carbocycles. The fourth-order valence-corrected chi connectivity index (χ4v) is 4.22. The van der Waals surface area contributed by atoms with Gasteiger partial charge in [0.2, 0.25) is 11.6 Å². The highest BCUT2D eigenvalue weighted by atomic mass is 35.5. The maximum absolute atomic E-state index is 5.47. The van der Waals surface area contributed by atoms with Gasteiger partial charge in [-0.05, 0) is 56.9 Å². The zero-order chi connectivity index (χ0) is 19.5. The van der Waals surface area contributed by atoms with Crippen LogP contribution in [0.2, 0.25) is 0 Å². The van der Waals surface area contributed by atoms with Crippen LogP contribution in [-0.4, -0.2) is 56.0 Å². The minimum absolute atomic E-state index is 0. The summed E-state index contributed by atoms with van der Waals surface area (Å²) >= 11 is 0. The maximum atomic E-state index is 5.47. The van der Waals surface area contributed by atoms with Crippen LogP contribution in [-0.2, 0) is 6.54 Å². The molecular formula is C21H28ClN7O. The third kappa shape index (κ3) is 4.71. The van der Waals surface area contributed by atoms with E-state index < -0.39 is 0 Å². The Morgan fingerprint density at radius 3 is 2.83 bits per heavy atom. The van der Waals surface area contributed by atoms with Crippen LogP contribution >= 0.6 is 12.4 Å². The summed E-state index contributed by atoms with van der Waals surface area (Å²) in [6.45, 7) is 5.33. The molecule has 0 spiro atoms. The number of aromatic nitrogens is 5. The second kappa shape index (κ2) is 9.68. The number of hydrogen-bond donors (Lipinski definition) is 1. The fourth-order valence-electron chi connectivity index (χ4n) is 4.22. The molecule has 2 aliphatic rings. The van der Waals surface area contributed by atoms with Gasteiger partial charge in [0, 0.05) is 18.7 Å². The third-order valence-electron chi connectivity index (χ3n) is 5.81. The molecule has 1 unspecified atom stereocenters. The Balaban J connectivity index is 0.00000218. The predicted octanol–water partition coefficient (Wildman–Crippen LogP) is 3.33. The van der Waals surface area contributed by atoms with E-state index in [1.807, 2.05) is 10.7 Å². The Hall–Kier alpha value is -2.29. The number of rotatable bonds is 5. The highest BCUT2D eigenvalue weighted by molar-refractivity contribution is 5.85. The average Bonchev–Trinajstić information content (AvgIpc) is 3.45. The summed E-state index contributed by atoms with van der Waals surface area (Å²) in [6.07, 6.45) is 7.96. The highest BCUT2D eigenvalue weighted by Crippen LogP contribution is 2.23. The number of nitrogens with one attached hydrogen (secondary N) is 1. The van der Waals surface area contributed by atoms with E-state index in [1.54, 1.807) is 6.33 Å². The molecule has 1 aromatic carbocycles. The quantitative estimate of drug-likeness (QED) is 0.665. The first kappa shape index (κ1) is 21.0. The molecule has 1 atom stereocenters. The standard InChI is InChI=1S/C21H27N7O.ClH/c1-2-10-27(11-3-1)14-16-6-4-7-17(12-16)19-24-21(29-26-19)20-23-15-28(25-20)18-8-5-9-22-13-18;/h4,6-7,12,15,18,22H,1-3,5,8-11,13-14H2;1H. The van der Waals surface area contributed by atoms with Crippen LogP contribution in [0.25, 0.3) is 23.1 Å². The number of nitrogens with zero attached hydrogens (tertiary/aromatic N) is 6. The summed E-state index contributed by atoms with van der Waals surface area (Å²) in [4.78, 5) is 11.5. The molecule has 4 heterocycles. The van der Waals surface area contributed by atoms with Crippen molar-refractivity contribution in [2.75, 3.05) is 26.2 Å². The van der Waals surface area contributed by atoms with Gasteiger partial charge >= 0.3 is 0 Å². The Bertz CT molecular complexity index is 944. The molecule has 30 heavy (non-hydrogen) atoms. The molecule has 160 valence electrons. The Morgan fingerprint density at radius 1 is 1.10 bits per heavy atom. The van der Waals surface area contributed by atoms with E-state index in [9.17, 15) is 0 Å². The van der Waals surface area contributed by atoms with Crippen molar-refractivity contribution in [1.29, 1.82) is 0 Å². The van der Waals surface area contributed by atoms with E-state index in [4.69, 9.17) is 4.52 Å². The predicted molar refractivity (Wildman–Crippen MR) is 116 cm³/mol. The zero-order valence-corrected chi connectivity index (χ0v) is 17.9. The molecule has 0 bridgehead atoms. The van der Waals surface area contributed by atoms with Gasteiger partial charge in [-0.15, -0.1) is 17.5 Å². The summed E-state index contributed by atoms with van der Waals surface area (Å²) in [5, 5.41) is 12.1. The molecular weight excluding hydrogens is 402 g/mol. The van der Waals surface area contributed by atoms with Gasteiger partial charge in [0.15, 0.2) is 0 Å². The second-order valence-electron chi connectivity index (χ2n) is 8.01. The van der Waals surface area contributed by atoms with E-state index in [-0.39, 0.29) is 12.4 Å². The molecule has 2 saturated heterocycles. The van der Waals surface area contributed by atoms with Crippen molar-refractivity contribution in [2.24, 2.45) is 0 Å². The van der Waals surface area contributed by atoms with Gasteiger partial charge in [-0.25, -0.2) is 9.67 Å².